The van der Waals surface area contributed by atoms with E-state index in [1.165, 1.54) is 23.5 Å². The summed E-state index contributed by atoms with van der Waals surface area (Å²) in [4.78, 5) is 5.24. The fraction of sp³-hybridized carbons (Fsp3) is 0.188. The number of aliphatic hydroxyl groups is 1. The summed E-state index contributed by atoms with van der Waals surface area (Å²) >= 11 is 2.89. The molecule has 0 spiro atoms. The Morgan fingerprint density at radius 3 is 2.39 bits per heavy atom. The van der Waals surface area contributed by atoms with Crippen LogP contribution in [0.15, 0.2) is 41.1 Å². The van der Waals surface area contributed by atoms with Crippen LogP contribution in [-0.4, -0.2) is 10.1 Å². The third-order valence-corrected chi connectivity index (χ3v) is 5.20. The normalized spacial score (nSPS) is 11.8. The molecule has 0 fully saturated rings. The molecule has 1 N–H and O–H groups in total. The number of alkyl halides is 3. The zero-order chi connectivity index (χ0) is 16.4. The molecule has 0 aliphatic heterocycles. The van der Waals surface area contributed by atoms with Crippen molar-refractivity contribution >= 4 is 22.7 Å². The third kappa shape index (κ3) is 3.63. The number of aliphatic hydroxyl groups excluding tert-OH is 1. The van der Waals surface area contributed by atoms with Gasteiger partial charge in [0.1, 0.15) is 5.01 Å². The number of rotatable bonds is 4. The Bertz CT molecular complexity index is 777. The number of thiophene rings is 1. The molecule has 23 heavy (non-hydrogen) atoms. The first kappa shape index (κ1) is 16.2. The molecule has 0 atom stereocenters. The fourth-order valence-electron chi connectivity index (χ4n) is 2.16. The van der Waals surface area contributed by atoms with Gasteiger partial charge >= 0.3 is 6.18 Å². The highest BCUT2D eigenvalue weighted by molar-refractivity contribution is 7.15. The van der Waals surface area contributed by atoms with Crippen LogP contribution in [0.25, 0.3) is 10.6 Å². The number of hydrogen-bond acceptors (Lipinski definition) is 4. The molecule has 1 aromatic carbocycles. The zero-order valence-electron chi connectivity index (χ0n) is 11.8. The van der Waals surface area contributed by atoms with Crippen molar-refractivity contribution < 1.29 is 18.3 Å². The SMILES string of the molecule is OCc1sc(-c2ccc(C(F)(F)F)cc2)nc1Cc1ccsc1. The Kier molecular flexibility index (Phi) is 4.52. The van der Waals surface area contributed by atoms with E-state index in [2.05, 4.69) is 4.98 Å². The number of hydrogen-bond donors (Lipinski definition) is 1. The number of aromatic nitrogens is 1. The summed E-state index contributed by atoms with van der Waals surface area (Å²) in [6.45, 7) is -0.127. The predicted octanol–water partition coefficient (Wildman–Crippen LogP) is 4.97. The number of thiazole rings is 1. The second kappa shape index (κ2) is 6.43. The minimum atomic E-state index is -4.35. The Hall–Kier alpha value is -1.70. The van der Waals surface area contributed by atoms with Gasteiger partial charge in [-0.1, -0.05) is 12.1 Å². The summed E-state index contributed by atoms with van der Waals surface area (Å²) in [6, 6.07) is 6.92. The van der Waals surface area contributed by atoms with Gasteiger partial charge in [-0.15, -0.1) is 11.3 Å². The summed E-state index contributed by atoms with van der Waals surface area (Å²) in [5.41, 5.74) is 1.81. The first-order valence-electron chi connectivity index (χ1n) is 6.75. The largest absolute Gasteiger partial charge is 0.416 e. The molecule has 0 radical (unpaired) electrons. The summed E-state index contributed by atoms with van der Waals surface area (Å²) in [5, 5.41) is 14.1. The molecule has 0 unspecified atom stereocenters. The van der Waals surface area contributed by atoms with Crippen molar-refractivity contribution in [3.05, 3.63) is 62.8 Å². The maximum Gasteiger partial charge on any atom is 0.416 e. The van der Waals surface area contributed by atoms with Gasteiger partial charge in [0.25, 0.3) is 0 Å². The topological polar surface area (TPSA) is 33.1 Å². The quantitative estimate of drug-likeness (QED) is 0.716. The minimum absolute atomic E-state index is 0.127. The van der Waals surface area contributed by atoms with Crippen molar-refractivity contribution in [2.24, 2.45) is 0 Å². The highest BCUT2D eigenvalue weighted by Gasteiger charge is 2.30. The fourth-order valence-corrected chi connectivity index (χ4v) is 3.77. The van der Waals surface area contributed by atoms with Crippen LogP contribution in [0, 0.1) is 0 Å². The molecule has 0 aliphatic carbocycles. The van der Waals surface area contributed by atoms with Gasteiger partial charge in [0.15, 0.2) is 0 Å². The average molecular weight is 355 g/mol. The van der Waals surface area contributed by atoms with Gasteiger partial charge in [-0.3, -0.25) is 0 Å². The minimum Gasteiger partial charge on any atom is -0.391 e. The number of nitrogens with zero attached hydrogens (tertiary/aromatic N) is 1. The van der Waals surface area contributed by atoms with Gasteiger partial charge in [0.05, 0.1) is 22.7 Å². The van der Waals surface area contributed by atoms with Crippen molar-refractivity contribution in [2.75, 3.05) is 0 Å². The molecule has 0 aliphatic rings. The van der Waals surface area contributed by atoms with Crippen LogP contribution in [0.3, 0.4) is 0 Å². The first-order valence-corrected chi connectivity index (χ1v) is 8.51. The van der Waals surface area contributed by atoms with E-state index >= 15 is 0 Å². The number of halogens is 3. The Balaban J connectivity index is 1.89. The van der Waals surface area contributed by atoms with E-state index in [4.69, 9.17) is 0 Å². The monoisotopic (exact) mass is 355 g/mol. The van der Waals surface area contributed by atoms with Crippen molar-refractivity contribution in [3.63, 3.8) is 0 Å². The van der Waals surface area contributed by atoms with Gasteiger partial charge < -0.3 is 5.11 Å². The van der Waals surface area contributed by atoms with Crippen LogP contribution >= 0.6 is 22.7 Å². The number of benzene rings is 1. The maximum atomic E-state index is 12.6. The van der Waals surface area contributed by atoms with Crippen LogP contribution < -0.4 is 0 Å². The molecular weight excluding hydrogens is 343 g/mol. The molecule has 120 valence electrons. The molecule has 3 aromatic rings. The summed E-state index contributed by atoms with van der Waals surface area (Å²) in [7, 11) is 0. The van der Waals surface area contributed by atoms with Gasteiger partial charge in [-0.05, 0) is 34.5 Å². The molecule has 2 aromatic heterocycles. The van der Waals surface area contributed by atoms with Gasteiger partial charge in [-0.25, -0.2) is 4.98 Å². The Labute approximate surface area is 138 Å². The van der Waals surface area contributed by atoms with E-state index in [9.17, 15) is 18.3 Å². The van der Waals surface area contributed by atoms with Crippen LogP contribution in [-0.2, 0) is 19.2 Å². The average Bonchev–Trinajstić information content (AvgIpc) is 3.16. The lowest BCUT2D eigenvalue weighted by Gasteiger charge is -2.06. The second-order valence-corrected chi connectivity index (χ2v) is 6.79. The second-order valence-electron chi connectivity index (χ2n) is 4.93. The standard InChI is InChI=1S/C16H12F3NOS2/c17-16(18,19)12-3-1-11(2-4-12)15-20-13(14(8-21)23-15)7-10-5-6-22-9-10/h1-6,9,21H,7-8H2. The Morgan fingerprint density at radius 1 is 1.09 bits per heavy atom. The lowest BCUT2D eigenvalue weighted by Crippen LogP contribution is -2.03. The summed E-state index contributed by atoms with van der Waals surface area (Å²) in [5.74, 6) is 0. The highest BCUT2D eigenvalue weighted by atomic mass is 32.1. The van der Waals surface area contributed by atoms with Crippen LogP contribution in [0.2, 0.25) is 0 Å². The van der Waals surface area contributed by atoms with Crippen LogP contribution in [0.1, 0.15) is 21.7 Å². The van der Waals surface area contributed by atoms with Crippen LogP contribution in [0.4, 0.5) is 13.2 Å². The predicted molar refractivity (Wildman–Crippen MR) is 85.6 cm³/mol. The van der Waals surface area contributed by atoms with Crippen molar-refractivity contribution in [1.29, 1.82) is 0 Å². The maximum absolute atomic E-state index is 12.6. The van der Waals surface area contributed by atoms with E-state index in [0.717, 1.165) is 28.3 Å². The van der Waals surface area contributed by atoms with Crippen molar-refractivity contribution in [3.8, 4) is 10.6 Å². The van der Waals surface area contributed by atoms with Crippen LogP contribution in [0.5, 0.6) is 0 Å². The molecule has 0 bridgehead atoms. The smallest absolute Gasteiger partial charge is 0.391 e. The lowest BCUT2D eigenvalue weighted by molar-refractivity contribution is -0.137. The van der Waals surface area contributed by atoms with E-state index < -0.39 is 11.7 Å². The third-order valence-electron chi connectivity index (χ3n) is 3.33. The Morgan fingerprint density at radius 2 is 1.83 bits per heavy atom. The van der Waals surface area contributed by atoms with Crippen molar-refractivity contribution in [2.45, 2.75) is 19.2 Å². The molecule has 0 amide bonds. The van der Waals surface area contributed by atoms with E-state index in [0.29, 0.717) is 17.0 Å². The van der Waals surface area contributed by atoms with Gasteiger partial charge in [0, 0.05) is 12.0 Å². The van der Waals surface area contributed by atoms with Gasteiger partial charge in [-0.2, -0.15) is 24.5 Å². The first-order chi connectivity index (χ1) is 11.0. The van der Waals surface area contributed by atoms with E-state index in [1.807, 2.05) is 16.8 Å². The molecule has 2 heterocycles. The van der Waals surface area contributed by atoms with Crippen molar-refractivity contribution in [1.82, 2.24) is 4.98 Å². The summed E-state index contributed by atoms with van der Waals surface area (Å²) in [6.07, 6.45) is -3.74. The summed E-state index contributed by atoms with van der Waals surface area (Å²) < 4.78 is 37.8. The molecule has 3 rings (SSSR count). The molecule has 0 saturated heterocycles. The highest BCUT2D eigenvalue weighted by Crippen LogP contribution is 2.33. The molecular formula is C16H12F3NOS2. The zero-order valence-corrected chi connectivity index (χ0v) is 13.4. The molecule has 0 saturated carbocycles. The lowest BCUT2D eigenvalue weighted by atomic mass is 10.1. The molecule has 2 nitrogen and oxygen atoms in total. The molecule has 7 heteroatoms. The van der Waals surface area contributed by atoms with E-state index in [1.54, 1.807) is 11.3 Å². The van der Waals surface area contributed by atoms with Gasteiger partial charge in [0.2, 0.25) is 0 Å². The van der Waals surface area contributed by atoms with E-state index in [-0.39, 0.29) is 6.61 Å².